The number of anilines is 1. The van der Waals surface area contributed by atoms with Crippen LogP contribution < -0.4 is 10.2 Å². The lowest BCUT2D eigenvalue weighted by molar-refractivity contribution is 0.0917. The maximum Gasteiger partial charge on any atom is 0.251 e. The molecule has 5 heteroatoms. The first-order valence-electron chi connectivity index (χ1n) is 8.25. The normalized spacial score (nSPS) is 12.2. The number of para-hydroxylation sites is 1. The van der Waals surface area contributed by atoms with Gasteiger partial charge in [-0.05, 0) is 24.3 Å². The number of aliphatic hydroxyl groups excluding tert-OH is 1. The number of fused-ring (bicyclic) bond motifs is 1. The number of hydrogen-bond donors (Lipinski definition) is 2. The smallest absolute Gasteiger partial charge is 0.251 e. The first-order chi connectivity index (χ1) is 12.0. The topological polar surface area (TPSA) is 57.5 Å². The Bertz CT molecular complexity index is 899. The minimum atomic E-state index is -0.757. The van der Waals surface area contributed by atoms with Crippen LogP contribution in [0.4, 0.5) is 5.69 Å². The Labute approximate surface area is 147 Å². The minimum absolute atomic E-state index is 0.166. The Kier molecular flexibility index (Phi) is 4.76. The molecule has 3 rings (SSSR count). The number of nitrogens with zero attached hydrogens (tertiary/aromatic N) is 2. The second kappa shape index (κ2) is 6.99. The molecule has 1 atom stereocenters. The molecule has 0 aliphatic carbocycles. The van der Waals surface area contributed by atoms with Gasteiger partial charge in [0.05, 0.1) is 6.10 Å². The maximum atomic E-state index is 12.4. The Morgan fingerprint density at radius 2 is 1.96 bits per heavy atom. The highest BCUT2D eigenvalue weighted by molar-refractivity contribution is 5.95. The third kappa shape index (κ3) is 3.51. The summed E-state index contributed by atoms with van der Waals surface area (Å²) in [5.41, 5.74) is 3.42. The average molecular weight is 337 g/mol. The molecule has 0 radical (unpaired) electrons. The lowest BCUT2D eigenvalue weighted by Gasteiger charge is -2.14. The number of aromatic nitrogens is 1. The molecule has 0 spiro atoms. The van der Waals surface area contributed by atoms with Gasteiger partial charge >= 0.3 is 0 Å². The van der Waals surface area contributed by atoms with E-state index in [2.05, 4.69) is 5.32 Å². The molecule has 0 fully saturated rings. The van der Waals surface area contributed by atoms with Crippen LogP contribution in [0, 0.1) is 0 Å². The number of benzene rings is 2. The van der Waals surface area contributed by atoms with Crippen molar-refractivity contribution in [2.24, 2.45) is 7.05 Å². The van der Waals surface area contributed by atoms with E-state index >= 15 is 0 Å². The lowest BCUT2D eigenvalue weighted by Crippen LogP contribution is -2.28. The molecule has 5 nitrogen and oxygen atoms in total. The van der Waals surface area contributed by atoms with Gasteiger partial charge in [0.2, 0.25) is 0 Å². The van der Waals surface area contributed by atoms with Gasteiger partial charge in [-0.25, -0.2) is 0 Å². The van der Waals surface area contributed by atoms with Gasteiger partial charge in [0.25, 0.3) is 5.91 Å². The number of aliphatic hydroxyl groups is 1. The van der Waals surface area contributed by atoms with Crippen LogP contribution in [0.5, 0.6) is 0 Å². The van der Waals surface area contributed by atoms with E-state index in [9.17, 15) is 9.90 Å². The van der Waals surface area contributed by atoms with E-state index in [4.69, 9.17) is 0 Å². The molecule has 0 unspecified atom stereocenters. The molecule has 3 aromatic rings. The van der Waals surface area contributed by atoms with Gasteiger partial charge in [-0.15, -0.1) is 0 Å². The van der Waals surface area contributed by atoms with Crippen LogP contribution in [-0.2, 0) is 7.05 Å². The Hall–Kier alpha value is -2.79. The summed E-state index contributed by atoms with van der Waals surface area (Å²) in [6.45, 7) is 0.166. The summed E-state index contributed by atoms with van der Waals surface area (Å²) >= 11 is 0. The predicted molar refractivity (Wildman–Crippen MR) is 101 cm³/mol. The van der Waals surface area contributed by atoms with Crippen LogP contribution in [0.2, 0.25) is 0 Å². The molecule has 1 heterocycles. The van der Waals surface area contributed by atoms with Crippen LogP contribution in [0.1, 0.15) is 22.0 Å². The van der Waals surface area contributed by atoms with E-state index in [1.807, 2.05) is 79.3 Å². The van der Waals surface area contributed by atoms with E-state index in [-0.39, 0.29) is 12.5 Å². The second-order valence-electron chi connectivity index (χ2n) is 6.38. The summed E-state index contributed by atoms with van der Waals surface area (Å²) in [5.74, 6) is -0.192. The van der Waals surface area contributed by atoms with Crippen molar-refractivity contribution in [3.8, 4) is 0 Å². The van der Waals surface area contributed by atoms with Crippen LogP contribution in [0.25, 0.3) is 10.9 Å². The Morgan fingerprint density at radius 1 is 1.20 bits per heavy atom. The zero-order chi connectivity index (χ0) is 18.0. The highest BCUT2D eigenvalue weighted by atomic mass is 16.3. The fraction of sp³-hybridized carbons (Fsp3) is 0.250. The van der Waals surface area contributed by atoms with Gasteiger partial charge in [-0.1, -0.05) is 24.3 Å². The third-order valence-corrected chi connectivity index (χ3v) is 4.37. The number of carbonyl (C=O) groups excluding carboxylic acids is 1. The predicted octanol–water partition coefficient (Wildman–Crippen LogP) is 2.71. The number of aryl methyl sites for hydroxylation is 1. The summed E-state index contributed by atoms with van der Waals surface area (Å²) in [6, 6.07) is 15.3. The molecular weight excluding hydrogens is 314 g/mol. The molecular formula is C20H23N3O2. The van der Waals surface area contributed by atoms with E-state index < -0.39 is 6.10 Å². The van der Waals surface area contributed by atoms with Gasteiger partial charge in [-0.2, -0.15) is 0 Å². The van der Waals surface area contributed by atoms with E-state index in [0.29, 0.717) is 5.56 Å². The highest BCUT2D eigenvalue weighted by Gasteiger charge is 2.16. The molecule has 0 aliphatic heterocycles. The van der Waals surface area contributed by atoms with Crippen molar-refractivity contribution in [1.29, 1.82) is 0 Å². The number of rotatable bonds is 5. The second-order valence-corrected chi connectivity index (χ2v) is 6.38. The maximum absolute atomic E-state index is 12.4. The third-order valence-electron chi connectivity index (χ3n) is 4.37. The molecule has 1 aromatic heterocycles. The largest absolute Gasteiger partial charge is 0.386 e. The summed E-state index contributed by atoms with van der Waals surface area (Å²) < 4.78 is 1.98. The fourth-order valence-electron chi connectivity index (χ4n) is 2.97. The molecule has 25 heavy (non-hydrogen) atoms. The van der Waals surface area contributed by atoms with E-state index in [1.165, 1.54) is 0 Å². The SMILES string of the molecule is CN(C)c1cccc(C(=O)NC[C@@H](O)c2cn(C)c3ccccc23)c1. The van der Waals surface area contributed by atoms with Crippen LogP contribution in [0.3, 0.4) is 0 Å². The monoisotopic (exact) mass is 337 g/mol. The summed E-state index contributed by atoms with van der Waals surface area (Å²) in [6.07, 6.45) is 1.15. The Morgan fingerprint density at radius 3 is 2.72 bits per heavy atom. The van der Waals surface area contributed by atoms with Crippen molar-refractivity contribution >= 4 is 22.5 Å². The summed E-state index contributed by atoms with van der Waals surface area (Å²) in [4.78, 5) is 14.3. The highest BCUT2D eigenvalue weighted by Crippen LogP contribution is 2.25. The molecule has 130 valence electrons. The van der Waals surface area contributed by atoms with Crippen molar-refractivity contribution in [3.05, 3.63) is 65.9 Å². The first kappa shape index (κ1) is 17.0. The van der Waals surface area contributed by atoms with Crippen molar-refractivity contribution < 1.29 is 9.90 Å². The van der Waals surface area contributed by atoms with Crippen molar-refractivity contribution in [2.75, 3.05) is 25.5 Å². The summed E-state index contributed by atoms with van der Waals surface area (Å²) in [7, 11) is 5.81. The van der Waals surface area contributed by atoms with Gasteiger partial charge in [0.1, 0.15) is 0 Å². The Balaban J connectivity index is 1.72. The average Bonchev–Trinajstić information content (AvgIpc) is 2.97. The molecule has 2 N–H and O–H groups in total. The molecule has 0 aliphatic rings. The standard InChI is InChI=1S/C20H23N3O2/c1-22(2)15-8-6-7-14(11-15)20(25)21-12-19(24)17-13-23(3)18-10-5-4-9-16(17)18/h4-11,13,19,24H,12H2,1-3H3,(H,21,25)/t19-/m1/s1. The molecule has 2 aromatic carbocycles. The van der Waals surface area contributed by atoms with Crippen molar-refractivity contribution in [1.82, 2.24) is 9.88 Å². The van der Waals surface area contributed by atoms with Gasteiger partial charge < -0.3 is 19.9 Å². The van der Waals surface area contributed by atoms with Crippen molar-refractivity contribution in [2.45, 2.75) is 6.10 Å². The zero-order valence-corrected chi connectivity index (χ0v) is 14.7. The zero-order valence-electron chi connectivity index (χ0n) is 14.7. The molecule has 1 amide bonds. The van der Waals surface area contributed by atoms with Gasteiger partial charge in [-0.3, -0.25) is 4.79 Å². The lowest BCUT2D eigenvalue weighted by atomic mass is 10.1. The summed E-state index contributed by atoms with van der Waals surface area (Å²) in [5, 5.41) is 14.4. The molecule has 0 saturated heterocycles. The van der Waals surface area contributed by atoms with Crippen LogP contribution in [0.15, 0.2) is 54.7 Å². The quantitative estimate of drug-likeness (QED) is 0.753. The van der Waals surface area contributed by atoms with Gasteiger partial charge in [0, 0.05) is 61.6 Å². The van der Waals surface area contributed by atoms with Gasteiger partial charge in [0.15, 0.2) is 0 Å². The number of nitrogens with one attached hydrogen (secondary N) is 1. The minimum Gasteiger partial charge on any atom is -0.386 e. The van der Waals surface area contributed by atoms with Crippen LogP contribution in [-0.4, -0.2) is 36.2 Å². The van der Waals surface area contributed by atoms with E-state index in [0.717, 1.165) is 22.2 Å². The number of amides is 1. The molecule has 0 bridgehead atoms. The molecule has 0 saturated carbocycles. The number of carbonyl (C=O) groups is 1. The number of hydrogen-bond acceptors (Lipinski definition) is 3. The van der Waals surface area contributed by atoms with Crippen LogP contribution >= 0.6 is 0 Å². The first-order valence-corrected chi connectivity index (χ1v) is 8.25. The van der Waals surface area contributed by atoms with E-state index in [1.54, 1.807) is 6.07 Å². The fourth-order valence-corrected chi connectivity index (χ4v) is 2.97. The van der Waals surface area contributed by atoms with Crippen molar-refractivity contribution in [3.63, 3.8) is 0 Å².